The zero-order valence-electron chi connectivity index (χ0n) is 11.9. The van der Waals surface area contributed by atoms with Gasteiger partial charge in [0.05, 0.1) is 6.10 Å². The lowest BCUT2D eigenvalue weighted by atomic mass is 10.0. The Labute approximate surface area is 129 Å². The Morgan fingerprint density at radius 1 is 1.05 bits per heavy atom. The zero-order chi connectivity index (χ0) is 15.2. The fourth-order valence-corrected chi connectivity index (χ4v) is 2.60. The summed E-state index contributed by atoms with van der Waals surface area (Å²) in [7, 11) is 0. The molecule has 2 rings (SSSR count). The lowest BCUT2D eigenvalue weighted by Gasteiger charge is -2.17. The van der Waals surface area contributed by atoms with Crippen molar-refractivity contribution in [3.8, 4) is 0 Å². The van der Waals surface area contributed by atoms with Gasteiger partial charge in [-0.25, -0.2) is 4.39 Å². The SMILES string of the molecule is CC(CNC[C@H](O)c1ccccc1F)c1ccccc1Cl. The highest BCUT2D eigenvalue weighted by atomic mass is 35.5. The maximum absolute atomic E-state index is 13.5. The highest BCUT2D eigenvalue weighted by Gasteiger charge is 2.13. The number of hydrogen-bond donors (Lipinski definition) is 2. The summed E-state index contributed by atoms with van der Waals surface area (Å²) in [6, 6.07) is 14.0. The van der Waals surface area contributed by atoms with Gasteiger partial charge in [-0.05, 0) is 23.6 Å². The first-order valence-corrected chi connectivity index (χ1v) is 7.35. The predicted octanol–water partition coefficient (Wildman–Crippen LogP) is 3.91. The van der Waals surface area contributed by atoms with E-state index in [1.54, 1.807) is 18.2 Å². The van der Waals surface area contributed by atoms with Crippen LogP contribution < -0.4 is 5.32 Å². The maximum Gasteiger partial charge on any atom is 0.129 e. The van der Waals surface area contributed by atoms with E-state index in [1.165, 1.54) is 6.07 Å². The van der Waals surface area contributed by atoms with E-state index in [1.807, 2.05) is 24.3 Å². The van der Waals surface area contributed by atoms with Crippen molar-refractivity contribution in [2.75, 3.05) is 13.1 Å². The van der Waals surface area contributed by atoms with Gasteiger partial charge in [0.15, 0.2) is 0 Å². The van der Waals surface area contributed by atoms with Crippen molar-refractivity contribution in [1.82, 2.24) is 5.32 Å². The summed E-state index contributed by atoms with van der Waals surface area (Å²) >= 11 is 6.15. The van der Waals surface area contributed by atoms with Gasteiger partial charge < -0.3 is 10.4 Å². The molecule has 0 aliphatic heterocycles. The molecular formula is C17H19ClFNO. The Morgan fingerprint density at radius 2 is 1.67 bits per heavy atom. The van der Waals surface area contributed by atoms with Gasteiger partial charge in [0, 0.05) is 23.7 Å². The summed E-state index contributed by atoms with van der Waals surface area (Å²) < 4.78 is 13.5. The van der Waals surface area contributed by atoms with Crippen molar-refractivity contribution < 1.29 is 9.50 Å². The second-order valence-corrected chi connectivity index (χ2v) is 5.53. The molecule has 0 aliphatic rings. The normalized spacial score (nSPS) is 13.9. The maximum atomic E-state index is 13.5. The van der Waals surface area contributed by atoms with Crippen LogP contribution in [0.2, 0.25) is 5.02 Å². The van der Waals surface area contributed by atoms with E-state index < -0.39 is 6.10 Å². The average Bonchev–Trinajstić information content (AvgIpc) is 2.48. The molecular weight excluding hydrogens is 289 g/mol. The highest BCUT2D eigenvalue weighted by Crippen LogP contribution is 2.23. The molecule has 0 radical (unpaired) electrons. The molecule has 0 aromatic heterocycles. The Hall–Kier alpha value is -1.42. The Balaban J connectivity index is 1.87. The molecule has 0 saturated heterocycles. The van der Waals surface area contributed by atoms with Crippen molar-refractivity contribution >= 4 is 11.6 Å². The lowest BCUT2D eigenvalue weighted by Crippen LogP contribution is -2.26. The molecule has 0 heterocycles. The second kappa shape index (κ2) is 7.55. The number of aliphatic hydroxyl groups excluding tert-OH is 1. The van der Waals surface area contributed by atoms with Gasteiger partial charge in [-0.15, -0.1) is 0 Å². The van der Waals surface area contributed by atoms with Crippen molar-refractivity contribution in [3.63, 3.8) is 0 Å². The van der Waals surface area contributed by atoms with E-state index in [9.17, 15) is 9.50 Å². The van der Waals surface area contributed by atoms with Crippen molar-refractivity contribution in [2.45, 2.75) is 18.9 Å². The van der Waals surface area contributed by atoms with Crippen LogP contribution in [0.1, 0.15) is 30.1 Å². The first-order chi connectivity index (χ1) is 10.1. The molecule has 0 aliphatic carbocycles. The molecule has 0 fully saturated rings. The minimum atomic E-state index is -0.857. The van der Waals surface area contributed by atoms with Gasteiger partial charge in [0.1, 0.15) is 5.82 Å². The van der Waals surface area contributed by atoms with E-state index in [0.717, 1.165) is 10.6 Å². The molecule has 2 atom stereocenters. The van der Waals surface area contributed by atoms with Crippen molar-refractivity contribution in [1.29, 1.82) is 0 Å². The summed E-state index contributed by atoms with van der Waals surface area (Å²) in [5, 5.41) is 13.9. The van der Waals surface area contributed by atoms with Crippen LogP contribution in [0.15, 0.2) is 48.5 Å². The molecule has 0 amide bonds. The van der Waals surface area contributed by atoms with Gasteiger partial charge in [-0.3, -0.25) is 0 Å². The number of benzene rings is 2. The molecule has 2 nitrogen and oxygen atoms in total. The first-order valence-electron chi connectivity index (χ1n) is 6.97. The summed E-state index contributed by atoms with van der Waals surface area (Å²) in [5.41, 5.74) is 1.38. The third kappa shape index (κ3) is 4.27. The van der Waals surface area contributed by atoms with Gasteiger partial charge >= 0.3 is 0 Å². The quantitative estimate of drug-likeness (QED) is 0.848. The minimum absolute atomic E-state index is 0.214. The van der Waals surface area contributed by atoms with Crippen molar-refractivity contribution in [3.05, 3.63) is 70.5 Å². The van der Waals surface area contributed by atoms with E-state index >= 15 is 0 Å². The molecule has 2 N–H and O–H groups in total. The van der Waals surface area contributed by atoms with E-state index in [0.29, 0.717) is 18.7 Å². The van der Waals surface area contributed by atoms with Crippen LogP contribution in [-0.2, 0) is 0 Å². The Morgan fingerprint density at radius 3 is 2.33 bits per heavy atom. The number of hydrogen-bond acceptors (Lipinski definition) is 2. The standard InChI is InChI=1S/C17H19ClFNO/c1-12(13-6-2-4-8-15(13)18)10-20-11-17(21)14-7-3-5-9-16(14)19/h2-9,12,17,20-21H,10-11H2,1H3/t12?,17-/m0/s1. The fourth-order valence-electron chi connectivity index (χ4n) is 2.28. The van der Waals surface area contributed by atoms with E-state index in [4.69, 9.17) is 11.6 Å². The van der Waals surface area contributed by atoms with Crippen molar-refractivity contribution in [2.24, 2.45) is 0 Å². The predicted molar refractivity (Wildman–Crippen MR) is 84.1 cm³/mol. The fraction of sp³-hybridized carbons (Fsp3) is 0.294. The second-order valence-electron chi connectivity index (χ2n) is 5.12. The molecule has 0 saturated carbocycles. The van der Waals surface area contributed by atoms with Gasteiger partial charge in [-0.1, -0.05) is 54.9 Å². The Bertz CT molecular complexity index is 539. The topological polar surface area (TPSA) is 32.3 Å². The third-order valence-corrected chi connectivity index (χ3v) is 3.83. The smallest absolute Gasteiger partial charge is 0.129 e. The summed E-state index contributed by atoms with van der Waals surface area (Å²) in [6.45, 7) is 3.02. The summed E-state index contributed by atoms with van der Waals surface area (Å²) in [4.78, 5) is 0. The van der Waals surface area contributed by atoms with Crippen LogP contribution in [0.5, 0.6) is 0 Å². The van der Waals surface area contributed by atoms with E-state index in [2.05, 4.69) is 12.2 Å². The van der Waals surface area contributed by atoms with Gasteiger partial charge in [-0.2, -0.15) is 0 Å². The highest BCUT2D eigenvalue weighted by molar-refractivity contribution is 6.31. The van der Waals surface area contributed by atoms with Gasteiger partial charge in [0.25, 0.3) is 0 Å². The molecule has 0 spiro atoms. The molecule has 1 unspecified atom stereocenters. The monoisotopic (exact) mass is 307 g/mol. The molecule has 0 bridgehead atoms. The summed E-state index contributed by atoms with van der Waals surface area (Å²) in [5.74, 6) is -0.169. The van der Waals surface area contributed by atoms with Crippen LogP contribution in [0.25, 0.3) is 0 Å². The van der Waals surface area contributed by atoms with Crippen LogP contribution in [-0.4, -0.2) is 18.2 Å². The van der Waals surface area contributed by atoms with Crippen LogP contribution in [0, 0.1) is 5.82 Å². The first kappa shape index (κ1) is 16.0. The molecule has 2 aromatic carbocycles. The van der Waals surface area contributed by atoms with Crippen LogP contribution in [0.3, 0.4) is 0 Å². The zero-order valence-corrected chi connectivity index (χ0v) is 12.6. The average molecular weight is 308 g/mol. The molecule has 4 heteroatoms. The number of nitrogens with one attached hydrogen (secondary N) is 1. The largest absolute Gasteiger partial charge is 0.387 e. The number of halogens is 2. The lowest BCUT2D eigenvalue weighted by molar-refractivity contribution is 0.169. The van der Waals surface area contributed by atoms with Gasteiger partial charge in [0.2, 0.25) is 0 Å². The number of aliphatic hydroxyl groups is 1. The van der Waals surface area contributed by atoms with Crippen LogP contribution >= 0.6 is 11.6 Å². The minimum Gasteiger partial charge on any atom is -0.387 e. The number of rotatable bonds is 6. The molecule has 2 aromatic rings. The van der Waals surface area contributed by atoms with E-state index in [-0.39, 0.29) is 11.7 Å². The Kier molecular flexibility index (Phi) is 5.74. The molecule has 21 heavy (non-hydrogen) atoms. The third-order valence-electron chi connectivity index (χ3n) is 3.49. The van der Waals surface area contributed by atoms with Crippen LogP contribution in [0.4, 0.5) is 4.39 Å². The molecule has 112 valence electrons. The summed E-state index contributed by atoms with van der Waals surface area (Å²) in [6.07, 6.45) is -0.857.